The molecule has 1 heterocycles. The molecular weight excluding hydrogens is 172 g/mol. The highest BCUT2D eigenvalue weighted by molar-refractivity contribution is 5.31. The molecule has 72 valence electrons. The normalized spacial score (nSPS) is 9.69. The first-order chi connectivity index (χ1) is 6.27. The van der Waals surface area contributed by atoms with E-state index in [0.717, 1.165) is 0 Å². The van der Waals surface area contributed by atoms with Crippen LogP contribution in [0.2, 0.25) is 0 Å². The predicted molar refractivity (Wildman–Crippen MR) is 46.0 cm³/mol. The summed E-state index contributed by atoms with van der Waals surface area (Å²) in [5.41, 5.74) is 0. The lowest BCUT2D eigenvalue weighted by Gasteiger charge is -2.07. The number of hydrogen-bond donors (Lipinski definition) is 1. The van der Waals surface area contributed by atoms with Gasteiger partial charge in [-0.05, 0) is 13.8 Å². The lowest BCUT2D eigenvalue weighted by atomic mass is 10.5. The minimum Gasteiger partial charge on any atom is -0.487 e. The Morgan fingerprint density at radius 1 is 1.31 bits per heavy atom. The summed E-state index contributed by atoms with van der Waals surface area (Å²) >= 11 is 0. The van der Waals surface area contributed by atoms with Crippen LogP contribution in [0, 0.1) is 0 Å². The van der Waals surface area contributed by atoms with E-state index in [2.05, 4.69) is 9.97 Å². The second-order valence-electron chi connectivity index (χ2n) is 2.21. The van der Waals surface area contributed by atoms with E-state index in [4.69, 9.17) is 14.6 Å². The van der Waals surface area contributed by atoms with Gasteiger partial charge in [0.15, 0.2) is 5.75 Å². The Balaban J connectivity index is 2.89. The lowest BCUT2D eigenvalue weighted by Crippen LogP contribution is -2.01. The van der Waals surface area contributed by atoms with E-state index < -0.39 is 0 Å². The van der Waals surface area contributed by atoms with E-state index in [1.165, 1.54) is 6.20 Å². The van der Waals surface area contributed by atoms with E-state index in [-0.39, 0.29) is 11.9 Å². The molecule has 0 aliphatic heterocycles. The third kappa shape index (κ3) is 2.47. The molecule has 0 aliphatic carbocycles. The van der Waals surface area contributed by atoms with Gasteiger partial charge in [-0.1, -0.05) is 0 Å². The van der Waals surface area contributed by atoms with Crippen molar-refractivity contribution >= 4 is 0 Å². The Morgan fingerprint density at radius 3 is 2.62 bits per heavy atom. The van der Waals surface area contributed by atoms with Crippen molar-refractivity contribution in [3.63, 3.8) is 0 Å². The van der Waals surface area contributed by atoms with Crippen molar-refractivity contribution in [2.75, 3.05) is 13.2 Å². The third-order valence-corrected chi connectivity index (χ3v) is 1.29. The lowest BCUT2D eigenvalue weighted by molar-refractivity contribution is 0.270. The van der Waals surface area contributed by atoms with Crippen LogP contribution in [0.1, 0.15) is 13.8 Å². The van der Waals surface area contributed by atoms with E-state index in [0.29, 0.717) is 19.0 Å². The maximum Gasteiger partial charge on any atom is 0.317 e. The van der Waals surface area contributed by atoms with Crippen LogP contribution in [-0.2, 0) is 0 Å². The van der Waals surface area contributed by atoms with Crippen LogP contribution in [0.25, 0.3) is 0 Å². The molecule has 0 aliphatic rings. The van der Waals surface area contributed by atoms with E-state index >= 15 is 0 Å². The molecule has 0 spiro atoms. The standard InChI is InChI=1S/C8H12N2O3/c1-3-12-6-5-9-8(11)10-7(6)13-4-2/h5H,3-4H2,1-2H3,(H,9,10,11). The van der Waals surface area contributed by atoms with Crippen molar-refractivity contribution in [3.8, 4) is 17.6 Å². The van der Waals surface area contributed by atoms with Crippen LogP contribution in [0.3, 0.4) is 0 Å². The fourth-order valence-electron chi connectivity index (χ4n) is 0.841. The van der Waals surface area contributed by atoms with Crippen LogP contribution in [0.5, 0.6) is 17.6 Å². The molecule has 0 radical (unpaired) electrons. The number of hydrogen-bond acceptors (Lipinski definition) is 5. The van der Waals surface area contributed by atoms with Gasteiger partial charge in [0.2, 0.25) is 0 Å². The van der Waals surface area contributed by atoms with Crippen molar-refractivity contribution in [1.82, 2.24) is 9.97 Å². The van der Waals surface area contributed by atoms with Gasteiger partial charge in [0.25, 0.3) is 5.88 Å². The molecule has 0 saturated carbocycles. The highest BCUT2D eigenvalue weighted by atomic mass is 16.5. The average Bonchev–Trinajstić information content (AvgIpc) is 2.10. The molecule has 0 amide bonds. The van der Waals surface area contributed by atoms with Gasteiger partial charge >= 0.3 is 6.01 Å². The van der Waals surface area contributed by atoms with Gasteiger partial charge in [-0.25, -0.2) is 0 Å². The Bertz CT molecular complexity index is 278. The topological polar surface area (TPSA) is 64.5 Å². The quantitative estimate of drug-likeness (QED) is 0.755. The van der Waals surface area contributed by atoms with Gasteiger partial charge in [0.05, 0.1) is 19.4 Å². The molecule has 5 heteroatoms. The number of aromatic hydroxyl groups is 1. The Morgan fingerprint density at radius 2 is 2.00 bits per heavy atom. The highest BCUT2D eigenvalue weighted by Gasteiger charge is 2.07. The average molecular weight is 184 g/mol. The Hall–Kier alpha value is -1.52. The summed E-state index contributed by atoms with van der Waals surface area (Å²) in [7, 11) is 0. The Kier molecular flexibility index (Phi) is 3.31. The first-order valence-electron chi connectivity index (χ1n) is 4.09. The summed E-state index contributed by atoms with van der Waals surface area (Å²) in [5.74, 6) is 0.721. The minimum atomic E-state index is -0.313. The molecule has 0 saturated heterocycles. The van der Waals surface area contributed by atoms with Crippen molar-refractivity contribution < 1.29 is 14.6 Å². The Labute approximate surface area is 76.4 Å². The van der Waals surface area contributed by atoms with Gasteiger partial charge in [-0.15, -0.1) is 0 Å². The van der Waals surface area contributed by atoms with Crippen LogP contribution >= 0.6 is 0 Å². The summed E-state index contributed by atoms with van der Waals surface area (Å²) in [4.78, 5) is 7.26. The van der Waals surface area contributed by atoms with E-state index in [1.807, 2.05) is 13.8 Å². The molecule has 0 atom stereocenters. The summed E-state index contributed by atoms with van der Waals surface area (Å²) in [6.45, 7) is 4.65. The zero-order valence-corrected chi connectivity index (χ0v) is 7.65. The van der Waals surface area contributed by atoms with Crippen molar-refractivity contribution in [2.24, 2.45) is 0 Å². The van der Waals surface area contributed by atoms with E-state index in [1.54, 1.807) is 0 Å². The number of rotatable bonds is 4. The summed E-state index contributed by atoms with van der Waals surface area (Å²) in [5, 5.41) is 8.97. The predicted octanol–water partition coefficient (Wildman–Crippen LogP) is 0.980. The van der Waals surface area contributed by atoms with E-state index in [9.17, 15) is 0 Å². The van der Waals surface area contributed by atoms with Gasteiger partial charge in [0, 0.05) is 0 Å². The fourth-order valence-corrected chi connectivity index (χ4v) is 0.841. The van der Waals surface area contributed by atoms with Crippen LogP contribution in [0.4, 0.5) is 0 Å². The third-order valence-electron chi connectivity index (χ3n) is 1.29. The van der Waals surface area contributed by atoms with Gasteiger partial charge < -0.3 is 14.6 Å². The first-order valence-corrected chi connectivity index (χ1v) is 4.09. The maximum absolute atomic E-state index is 8.97. The monoisotopic (exact) mass is 184 g/mol. The molecule has 0 aromatic carbocycles. The molecule has 0 fully saturated rings. The largest absolute Gasteiger partial charge is 0.487 e. The summed E-state index contributed by atoms with van der Waals surface area (Å²) < 4.78 is 10.3. The molecule has 1 N–H and O–H groups in total. The maximum atomic E-state index is 8.97. The summed E-state index contributed by atoms with van der Waals surface area (Å²) in [6.07, 6.45) is 1.39. The molecule has 13 heavy (non-hydrogen) atoms. The summed E-state index contributed by atoms with van der Waals surface area (Å²) in [6, 6.07) is -0.313. The van der Waals surface area contributed by atoms with Crippen LogP contribution in [0.15, 0.2) is 6.20 Å². The number of aromatic nitrogens is 2. The number of ether oxygens (including phenoxy) is 2. The van der Waals surface area contributed by atoms with Crippen LogP contribution in [-0.4, -0.2) is 28.3 Å². The minimum absolute atomic E-state index is 0.275. The fraction of sp³-hybridized carbons (Fsp3) is 0.500. The molecule has 1 aromatic heterocycles. The van der Waals surface area contributed by atoms with Crippen molar-refractivity contribution in [2.45, 2.75) is 13.8 Å². The van der Waals surface area contributed by atoms with Gasteiger partial charge in [-0.2, -0.15) is 9.97 Å². The first kappa shape index (κ1) is 9.57. The molecule has 1 aromatic rings. The zero-order valence-electron chi connectivity index (χ0n) is 7.65. The zero-order chi connectivity index (χ0) is 9.68. The van der Waals surface area contributed by atoms with Crippen molar-refractivity contribution in [1.29, 1.82) is 0 Å². The smallest absolute Gasteiger partial charge is 0.317 e. The molecule has 0 unspecified atom stereocenters. The molecule has 5 nitrogen and oxygen atoms in total. The van der Waals surface area contributed by atoms with Gasteiger partial charge in [0.1, 0.15) is 0 Å². The number of nitrogens with zero attached hydrogens (tertiary/aromatic N) is 2. The highest BCUT2D eigenvalue weighted by Crippen LogP contribution is 2.24. The molecular formula is C8H12N2O3. The molecule has 1 rings (SSSR count). The second-order valence-corrected chi connectivity index (χ2v) is 2.21. The SMILES string of the molecule is CCOc1cnc(O)nc1OCC. The van der Waals surface area contributed by atoms with Gasteiger partial charge in [-0.3, -0.25) is 0 Å². The second kappa shape index (κ2) is 4.49. The van der Waals surface area contributed by atoms with Crippen LogP contribution < -0.4 is 9.47 Å². The molecule has 0 bridgehead atoms. The van der Waals surface area contributed by atoms with Crippen molar-refractivity contribution in [3.05, 3.63) is 6.20 Å².